The molecule has 1 aliphatic rings. The van der Waals surface area contributed by atoms with Gasteiger partial charge in [-0.15, -0.1) is 11.3 Å². The number of hydrogen-bond donors (Lipinski definition) is 3. The second kappa shape index (κ2) is 8.91. The first-order valence-corrected chi connectivity index (χ1v) is 10.0. The first kappa shape index (κ1) is 20.6. The molecule has 0 fully saturated rings. The van der Waals surface area contributed by atoms with Crippen molar-refractivity contribution in [2.75, 3.05) is 11.9 Å². The van der Waals surface area contributed by atoms with Crippen LogP contribution < -0.4 is 11.1 Å². The van der Waals surface area contributed by atoms with E-state index in [0.717, 1.165) is 29.7 Å². The van der Waals surface area contributed by atoms with Crippen molar-refractivity contribution in [2.45, 2.75) is 26.2 Å². The summed E-state index contributed by atoms with van der Waals surface area (Å²) in [5.74, 6) is -1.14. The van der Waals surface area contributed by atoms with Crippen molar-refractivity contribution in [3.05, 3.63) is 51.9 Å². The van der Waals surface area contributed by atoms with Gasteiger partial charge in [0.1, 0.15) is 10.8 Å². The number of carbonyl (C=O) groups is 3. The summed E-state index contributed by atoms with van der Waals surface area (Å²) in [5.41, 5.74) is 7.51. The number of ether oxygens (including phenoxy) is 1. The number of phenolic OH excluding ortho intramolecular Hbond substituents is 1. The molecule has 1 unspecified atom stereocenters. The lowest BCUT2D eigenvalue weighted by Gasteiger charge is -2.18. The molecule has 8 heteroatoms. The van der Waals surface area contributed by atoms with Crippen molar-refractivity contribution in [3.8, 4) is 5.75 Å². The number of amides is 2. The predicted molar refractivity (Wildman–Crippen MR) is 111 cm³/mol. The topological polar surface area (TPSA) is 119 Å². The number of nitrogens with two attached hydrogens (primary N) is 1. The zero-order valence-electron chi connectivity index (χ0n) is 15.9. The van der Waals surface area contributed by atoms with Gasteiger partial charge in [0.05, 0.1) is 5.56 Å². The van der Waals surface area contributed by atoms with E-state index >= 15 is 0 Å². The minimum absolute atomic E-state index is 0.126. The summed E-state index contributed by atoms with van der Waals surface area (Å²) in [6.45, 7) is 1.67. The van der Waals surface area contributed by atoms with E-state index < -0.39 is 24.4 Å². The number of aromatic hydroxyl groups is 1. The Morgan fingerprint density at radius 3 is 2.72 bits per heavy atom. The third-order valence-electron chi connectivity index (χ3n) is 4.66. The molecule has 1 aliphatic carbocycles. The van der Waals surface area contributed by atoms with Crippen LogP contribution in [0.3, 0.4) is 0 Å². The van der Waals surface area contributed by atoms with Gasteiger partial charge in [-0.25, -0.2) is 4.79 Å². The standard InChI is InChI=1S/C21H22N2O5S/c1-12-2-8-15-16(10-12)29-21(19(15)20(22)27)23-17(25)11-28-18(26)9-5-13-3-6-14(24)7-4-13/h3-7,9,12,24H,2,8,10-11H2,1H3,(H2,22,27)(H,23,25). The monoisotopic (exact) mass is 414 g/mol. The van der Waals surface area contributed by atoms with E-state index in [9.17, 15) is 19.5 Å². The van der Waals surface area contributed by atoms with Gasteiger partial charge < -0.3 is 20.9 Å². The number of phenols is 1. The summed E-state index contributed by atoms with van der Waals surface area (Å²) >= 11 is 1.36. The zero-order chi connectivity index (χ0) is 21.0. The summed E-state index contributed by atoms with van der Waals surface area (Å²) in [7, 11) is 0. The van der Waals surface area contributed by atoms with E-state index in [0.29, 0.717) is 22.0 Å². The molecular weight excluding hydrogens is 392 g/mol. The number of fused-ring (bicyclic) bond motifs is 1. The Bertz CT molecular complexity index is 962. The molecule has 1 atom stereocenters. The van der Waals surface area contributed by atoms with E-state index in [1.54, 1.807) is 12.1 Å². The SMILES string of the molecule is CC1CCc2c(sc(NC(=O)COC(=O)C=Cc3ccc(O)cc3)c2C(N)=O)C1. The van der Waals surface area contributed by atoms with Gasteiger partial charge in [0.25, 0.3) is 11.8 Å². The molecule has 0 saturated heterocycles. The lowest BCUT2D eigenvalue weighted by Crippen LogP contribution is -2.22. The molecule has 0 spiro atoms. The lowest BCUT2D eigenvalue weighted by molar-refractivity contribution is -0.142. The molecule has 0 bridgehead atoms. The maximum Gasteiger partial charge on any atom is 0.331 e. The molecule has 2 aromatic rings. The molecule has 1 aromatic carbocycles. The smallest absolute Gasteiger partial charge is 0.331 e. The Morgan fingerprint density at radius 1 is 1.31 bits per heavy atom. The summed E-state index contributed by atoms with van der Waals surface area (Å²) in [4.78, 5) is 37.0. The minimum Gasteiger partial charge on any atom is -0.508 e. The molecule has 1 aromatic heterocycles. The highest BCUT2D eigenvalue weighted by Crippen LogP contribution is 2.39. The normalized spacial score (nSPS) is 15.7. The van der Waals surface area contributed by atoms with Gasteiger partial charge in [-0.1, -0.05) is 19.1 Å². The number of anilines is 1. The summed E-state index contributed by atoms with van der Waals surface area (Å²) in [5, 5.41) is 12.3. The number of primary amides is 1. The van der Waals surface area contributed by atoms with Crippen LogP contribution in [0.15, 0.2) is 30.3 Å². The maximum atomic E-state index is 12.2. The molecule has 0 aliphatic heterocycles. The van der Waals surface area contributed by atoms with Gasteiger partial charge in [0.2, 0.25) is 0 Å². The van der Waals surface area contributed by atoms with Crippen molar-refractivity contribution in [1.82, 2.24) is 0 Å². The highest BCUT2D eigenvalue weighted by Gasteiger charge is 2.27. The summed E-state index contributed by atoms with van der Waals surface area (Å²) in [6, 6.07) is 6.26. The van der Waals surface area contributed by atoms with Crippen molar-refractivity contribution in [2.24, 2.45) is 11.7 Å². The molecule has 2 amide bonds. The van der Waals surface area contributed by atoms with Crippen LogP contribution in [0.5, 0.6) is 5.75 Å². The lowest BCUT2D eigenvalue weighted by atomic mass is 9.88. The number of carbonyl (C=O) groups excluding carboxylic acids is 3. The number of thiophene rings is 1. The highest BCUT2D eigenvalue weighted by atomic mass is 32.1. The Hall–Kier alpha value is -3.13. The minimum atomic E-state index is -0.678. The van der Waals surface area contributed by atoms with E-state index in [2.05, 4.69) is 12.2 Å². The van der Waals surface area contributed by atoms with Crippen molar-refractivity contribution in [1.29, 1.82) is 0 Å². The fourth-order valence-corrected chi connectivity index (χ4v) is 4.63. The van der Waals surface area contributed by atoms with E-state index in [-0.39, 0.29) is 5.75 Å². The van der Waals surface area contributed by atoms with E-state index in [1.807, 2.05) is 0 Å². The second-order valence-electron chi connectivity index (χ2n) is 7.00. The molecule has 0 saturated carbocycles. The number of hydrogen-bond acceptors (Lipinski definition) is 6. The Kier molecular flexibility index (Phi) is 6.33. The molecule has 4 N–H and O–H groups in total. The summed E-state index contributed by atoms with van der Waals surface area (Å²) < 4.78 is 4.94. The highest BCUT2D eigenvalue weighted by molar-refractivity contribution is 7.17. The Balaban J connectivity index is 1.59. The van der Waals surface area contributed by atoms with Gasteiger partial charge >= 0.3 is 5.97 Å². The number of esters is 1. The quantitative estimate of drug-likeness (QED) is 0.496. The maximum absolute atomic E-state index is 12.2. The average Bonchev–Trinajstić information content (AvgIpc) is 3.02. The summed E-state index contributed by atoms with van der Waals surface area (Å²) in [6.07, 6.45) is 5.30. The van der Waals surface area contributed by atoms with Gasteiger partial charge in [-0.2, -0.15) is 0 Å². The van der Waals surface area contributed by atoms with Crippen LogP contribution in [0, 0.1) is 5.92 Å². The van der Waals surface area contributed by atoms with Crippen LogP contribution in [0.2, 0.25) is 0 Å². The van der Waals surface area contributed by atoms with Gasteiger partial charge in [0.15, 0.2) is 6.61 Å². The fourth-order valence-electron chi connectivity index (χ4n) is 3.20. The molecule has 1 heterocycles. The zero-order valence-corrected chi connectivity index (χ0v) is 16.8. The largest absolute Gasteiger partial charge is 0.508 e. The molecule has 29 heavy (non-hydrogen) atoms. The van der Waals surface area contributed by atoms with Gasteiger partial charge in [-0.3, -0.25) is 9.59 Å². The van der Waals surface area contributed by atoms with Crippen LogP contribution in [0.25, 0.3) is 6.08 Å². The number of rotatable bonds is 6. The van der Waals surface area contributed by atoms with Crippen molar-refractivity contribution in [3.63, 3.8) is 0 Å². The third-order valence-corrected chi connectivity index (χ3v) is 5.83. The van der Waals surface area contributed by atoms with E-state index in [4.69, 9.17) is 10.5 Å². The van der Waals surface area contributed by atoms with Gasteiger partial charge in [0, 0.05) is 11.0 Å². The molecule has 152 valence electrons. The van der Waals surface area contributed by atoms with Crippen molar-refractivity contribution >= 4 is 40.2 Å². The first-order chi connectivity index (χ1) is 13.8. The number of nitrogens with one attached hydrogen (secondary N) is 1. The molecule has 3 rings (SSSR count). The first-order valence-electron chi connectivity index (χ1n) is 9.21. The van der Waals surface area contributed by atoms with Crippen LogP contribution in [-0.4, -0.2) is 29.5 Å². The van der Waals surface area contributed by atoms with Crippen molar-refractivity contribution < 1.29 is 24.2 Å². The average molecular weight is 414 g/mol. The fraction of sp³-hybridized carbons (Fsp3) is 0.286. The molecule has 0 radical (unpaired) electrons. The van der Waals surface area contributed by atoms with Crippen LogP contribution in [-0.2, 0) is 27.2 Å². The van der Waals surface area contributed by atoms with Gasteiger partial charge in [-0.05, 0) is 54.5 Å². The van der Waals surface area contributed by atoms with Crippen LogP contribution >= 0.6 is 11.3 Å². The molecular formula is C21H22N2O5S. The Labute approximate surface area is 172 Å². The molecule has 7 nitrogen and oxygen atoms in total. The van der Waals surface area contributed by atoms with Crippen LogP contribution in [0.4, 0.5) is 5.00 Å². The van der Waals surface area contributed by atoms with Crippen LogP contribution in [0.1, 0.15) is 39.7 Å². The third kappa shape index (κ3) is 5.23. The number of benzene rings is 1. The Morgan fingerprint density at radius 2 is 2.03 bits per heavy atom. The van der Waals surface area contributed by atoms with E-state index in [1.165, 1.54) is 35.6 Å². The second-order valence-corrected chi connectivity index (χ2v) is 8.11. The predicted octanol–water partition coefficient (Wildman–Crippen LogP) is 2.87.